The second-order valence-electron chi connectivity index (χ2n) is 6.72. The van der Waals surface area contributed by atoms with E-state index < -0.39 is 22.1 Å². The fourth-order valence-corrected chi connectivity index (χ4v) is 3.79. The number of alkyl halides is 2. The van der Waals surface area contributed by atoms with Gasteiger partial charge < -0.3 is 14.2 Å². The molecule has 0 spiro atoms. The lowest BCUT2D eigenvalue weighted by molar-refractivity contribution is 0.122. The van der Waals surface area contributed by atoms with Gasteiger partial charge in [-0.05, 0) is 12.1 Å². The standard InChI is InChI=1S/C18H19F2N5O3S/c1-29(26,27)18-21-12(10-15(23-18)24-6-8-28-9-7-24)11-25-14-5-3-2-4-13(14)22-17(25)16(19)20/h2-5,10,16H,6-9,11H2,1H3. The van der Waals surface area contributed by atoms with Crippen LogP contribution in [-0.2, 0) is 21.1 Å². The molecule has 11 heteroatoms. The van der Waals surface area contributed by atoms with E-state index in [1.54, 1.807) is 30.3 Å². The first kappa shape index (κ1) is 19.6. The fourth-order valence-electron chi connectivity index (χ4n) is 3.25. The second kappa shape index (κ2) is 7.64. The van der Waals surface area contributed by atoms with Crippen LogP contribution in [0.25, 0.3) is 11.0 Å². The number of benzene rings is 1. The molecule has 0 saturated carbocycles. The van der Waals surface area contributed by atoms with Gasteiger partial charge in [0.2, 0.25) is 15.0 Å². The number of ether oxygens (including phenoxy) is 1. The van der Waals surface area contributed by atoms with E-state index >= 15 is 0 Å². The molecule has 3 heterocycles. The third-order valence-electron chi connectivity index (χ3n) is 4.61. The van der Waals surface area contributed by atoms with Crippen LogP contribution >= 0.6 is 0 Å². The summed E-state index contributed by atoms with van der Waals surface area (Å²) in [6.45, 7) is 2.04. The van der Waals surface area contributed by atoms with Crippen LogP contribution in [-0.4, -0.2) is 60.5 Å². The summed E-state index contributed by atoms with van der Waals surface area (Å²) < 4.78 is 58.0. The van der Waals surface area contributed by atoms with Crippen LogP contribution in [0.1, 0.15) is 17.9 Å². The molecular weight excluding hydrogens is 404 g/mol. The maximum atomic E-state index is 13.6. The minimum Gasteiger partial charge on any atom is -0.378 e. The molecule has 8 nitrogen and oxygen atoms in total. The molecular formula is C18H19F2N5O3S. The SMILES string of the molecule is CS(=O)(=O)c1nc(Cn2c(C(F)F)nc3ccccc32)cc(N2CCOCC2)n1. The third-order valence-corrected chi connectivity index (χ3v) is 5.46. The minimum absolute atomic E-state index is 0.0530. The Hall–Kier alpha value is -2.66. The number of hydrogen-bond acceptors (Lipinski definition) is 7. The molecule has 1 fully saturated rings. The van der Waals surface area contributed by atoms with Crippen LogP contribution in [0.4, 0.5) is 14.6 Å². The van der Waals surface area contributed by atoms with Gasteiger partial charge in [-0.15, -0.1) is 0 Å². The molecule has 0 aliphatic carbocycles. The lowest BCUT2D eigenvalue weighted by atomic mass is 10.3. The molecule has 0 amide bonds. The first-order valence-corrected chi connectivity index (χ1v) is 10.9. The first-order valence-electron chi connectivity index (χ1n) is 8.97. The number of morpholine rings is 1. The van der Waals surface area contributed by atoms with Crippen molar-refractivity contribution in [1.29, 1.82) is 0 Å². The predicted octanol–water partition coefficient (Wildman–Crippen LogP) is 2.05. The number of halogens is 2. The molecule has 1 saturated heterocycles. The van der Waals surface area contributed by atoms with Gasteiger partial charge in [-0.3, -0.25) is 0 Å². The predicted molar refractivity (Wildman–Crippen MR) is 102 cm³/mol. The van der Waals surface area contributed by atoms with Crippen LogP contribution in [0.2, 0.25) is 0 Å². The highest BCUT2D eigenvalue weighted by atomic mass is 32.2. The Morgan fingerprint density at radius 2 is 1.86 bits per heavy atom. The van der Waals surface area contributed by atoms with Crippen molar-refractivity contribution in [3.05, 3.63) is 41.9 Å². The summed E-state index contributed by atoms with van der Waals surface area (Å²) in [4.78, 5) is 14.2. The average Bonchev–Trinajstić information content (AvgIpc) is 3.07. The minimum atomic E-state index is -3.69. The largest absolute Gasteiger partial charge is 0.378 e. The summed E-state index contributed by atoms with van der Waals surface area (Å²) in [5, 5.41) is -0.334. The second-order valence-corrected chi connectivity index (χ2v) is 8.63. The van der Waals surface area contributed by atoms with Crippen molar-refractivity contribution in [2.75, 3.05) is 37.5 Å². The van der Waals surface area contributed by atoms with E-state index in [0.29, 0.717) is 48.8 Å². The van der Waals surface area contributed by atoms with E-state index in [2.05, 4.69) is 15.0 Å². The Bertz CT molecular complexity index is 1140. The van der Waals surface area contributed by atoms with Crippen molar-refractivity contribution in [3.8, 4) is 0 Å². The molecule has 0 atom stereocenters. The monoisotopic (exact) mass is 423 g/mol. The zero-order valence-electron chi connectivity index (χ0n) is 15.6. The van der Waals surface area contributed by atoms with E-state index in [4.69, 9.17) is 4.74 Å². The van der Waals surface area contributed by atoms with Crippen molar-refractivity contribution >= 4 is 26.7 Å². The summed E-state index contributed by atoms with van der Waals surface area (Å²) in [6, 6.07) is 8.42. The highest BCUT2D eigenvalue weighted by Gasteiger charge is 2.22. The molecule has 1 aliphatic rings. The quantitative estimate of drug-likeness (QED) is 0.580. The van der Waals surface area contributed by atoms with E-state index in [9.17, 15) is 17.2 Å². The van der Waals surface area contributed by atoms with Gasteiger partial charge >= 0.3 is 0 Å². The van der Waals surface area contributed by atoms with Crippen molar-refractivity contribution in [1.82, 2.24) is 19.5 Å². The number of rotatable bonds is 5. The molecule has 1 aliphatic heterocycles. The number of aromatic nitrogens is 4. The Balaban J connectivity index is 1.81. The zero-order chi connectivity index (χ0) is 20.6. The molecule has 0 N–H and O–H groups in total. The van der Waals surface area contributed by atoms with Crippen LogP contribution < -0.4 is 4.90 Å². The third kappa shape index (κ3) is 4.06. The summed E-state index contributed by atoms with van der Waals surface area (Å²) in [6.07, 6.45) is -1.76. The molecule has 2 aromatic heterocycles. The molecule has 0 unspecified atom stereocenters. The van der Waals surface area contributed by atoms with Gasteiger partial charge in [0.25, 0.3) is 6.43 Å². The zero-order valence-corrected chi connectivity index (χ0v) is 16.4. The molecule has 154 valence electrons. The summed E-state index contributed by atoms with van der Waals surface area (Å²) in [7, 11) is -3.69. The van der Waals surface area contributed by atoms with E-state index in [1.165, 1.54) is 4.57 Å². The molecule has 0 radical (unpaired) electrons. The normalized spacial score (nSPS) is 15.4. The van der Waals surface area contributed by atoms with Crippen LogP contribution in [0.5, 0.6) is 0 Å². The fraction of sp³-hybridized carbons (Fsp3) is 0.389. The number of nitrogens with zero attached hydrogens (tertiary/aromatic N) is 5. The lowest BCUT2D eigenvalue weighted by Crippen LogP contribution is -2.37. The van der Waals surface area contributed by atoms with Gasteiger partial charge in [0.1, 0.15) is 5.82 Å². The Morgan fingerprint density at radius 1 is 1.14 bits per heavy atom. The number of imidazole rings is 1. The number of fused-ring (bicyclic) bond motifs is 1. The van der Waals surface area contributed by atoms with E-state index in [0.717, 1.165) is 6.26 Å². The molecule has 29 heavy (non-hydrogen) atoms. The lowest BCUT2D eigenvalue weighted by Gasteiger charge is -2.28. The van der Waals surface area contributed by atoms with Gasteiger partial charge in [0, 0.05) is 25.4 Å². The maximum absolute atomic E-state index is 13.6. The van der Waals surface area contributed by atoms with Gasteiger partial charge in [0.05, 0.1) is 36.5 Å². The number of sulfone groups is 1. The van der Waals surface area contributed by atoms with Crippen molar-refractivity contribution in [2.24, 2.45) is 0 Å². The van der Waals surface area contributed by atoms with Crippen molar-refractivity contribution in [2.45, 2.75) is 18.1 Å². The van der Waals surface area contributed by atoms with Crippen molar-refractivity contribution < 1.29 is 21.9 Å². The van der Waals surface area contributed by atoms with Crippen LogP contribution in [0.3, 0.4) is 0 Å². The van der Waals surface area contributed by atoms with Gasteiger partial charge in [-0.2, -0.15) is 0 Å². The van der Waals surface area contributed by atoms with Gasteiger partial charge in [-0.1, -0.05) is 12.1 Å². The van der Waals surface area contributed by atoms with E-state index in [-0.39, 0.29) is 11.7 Å². The van der Waals surface area contributed by atoms with Gasteiger partial charge in [0.15, 0.2) is 5.82 Å². The summed E-state index contributed by atoms with van der Waals surface area (Å²) >= 11 is 0. The summed E-state index contributed by atoms with van der Waals surface area (Å²) in [5.74, 6) is 0.0420. The summed E-state index contributed by atoms with van der Waals surface area (Å²) in [5.41, 5.74) is 1.27. The topological polar surface area (TPSA) is 90.2 Å². The number of anilines is 1. The number of hydrogen-bond donors (Lipinski definition) is 0. The highest BCUT2D eigenvalue weighted by Crippen LogP contribution is 2.26. The highest BCUT2D eigenvalue weighted by molar-refractivity contribution is 7.90. The average molecular weight is 423 g/mol. The Kier molecular flexibility index (Phi) is 5.17. The smallest absolute Gasteiger partial charge is 0.295 e. The Morgan fingerprint density at radius 3 is 2.55 bits per heavy atom. The van der Waals surface area contributed by atoms with Crippen molar-refractivity contribution in [3.63, 3.8) is 0 Å². The van der Waals surface area contributed by atoms with Crippen LogP contribution in [0.15, 0.2) is 35.5 Å². The first-order chi connectivity index (χ1) is 13.8. The molecule has 3 aromatic rings. The maximum Gasteiger partial charge on any atom is 0.295 e. The van der Waals surface area contributed by atoms with E-state index in [1.807, 2.05) is 4.90 Å². The van der Waals surface area contributed by atoms with Gasteiger partial charge in [-0.25, -0.2) is 32.2 Å². The van der Waals surface area contributed by atoms with Crippen LogP contribution in [0, 0.1) is 0 Å². The number of para-hydroxylation sites is 2. The molecule has 4 rings (SSSR count). The molecule has 1 aromatic carbocycles. The Labute approximate surface area is 166 Å². The molecule has 0 bridgehead atoms.